The van der Waals surface area contributed by atoms with Crippen LogP contribution in [0.5, 0.6) is 0 Å². The molecule has 240 valence electrons. The topological polar surface area (TPSA) is 21.3 Å². The van der Waals surface area contributed by atoms with Crippen molar-refractivity contribution in [3.8, 4) is 27.9 Å². The molecule has 3 nitrogen and oxygen atoms in total. The van der Waals surface area contributed by atoms with Crippen LogP contribution in [0.15, 0.2) is 198 Å². The van der Waals surface area contributed by atoms with Crippen molar-refractivity contribution in [2.45, 2.75) is 0 Å². The standard InChI is InChI=1S/C48H32N2O/c1-3-11-33(12-4-1)35-19-23-37(24-20-35)49(38-25-21-36(22-26-38)34-13-5-2-6-14-34)40-27-29-43-44-31-39(28-30-47(44)51-48(43)32-40)50-45-17-9-7-15-41(45)42-16-8-10-18-46(42)50/h1-32H/i27D,28D,29D,30D,31D,32D. The van der Waals surface area contributed by atoms with E-state index in [1.54, 1.807) is 4.90 Å². The lowest BCUT2D eigenvalue weighted by Gasteiger charge is -2.26. The van der Waals surface area contributed by atoms with Gasteiger partial charge in [-0.15, -0.1) is 0 Å². The maximum atomic E-state index is 9.68. The van der Waals surface area contributed by atoms with E-state index in [1.165, 1.54) is 0 Å². The first-order chi connectivity index (χ1) is 27.8. The van der Waals surface area contributed by atoms with E-state index in [1.807, 2.05) is 162 Å². The van der Waals surface area contributed by atoms with Gasteiger partial charge in [-0.2, -0.15) is 0 Å². The highest BCUT2D eigenvalue weighted by Crippen LogP contribution is 2.41. The van der Waals surface area contributed by atoms with Crippen LogP contribution in [-0.4, -0.2) is 4.57 Å². The van der Waals surface area contributed by atoms with Gasteiger partial charge < -0.3 is 13.9 Å². The lowest BCUT2D eigenvalue weighted by Crippen LogP contribution is -2.09. The minimum atomic E-state index is -0.259. The molecule has 2 aromatic heterocycles. The molecule has 0 fully saturated rings. The summed E-state index contributed by atoms with van der Waals surface area (Å²) in [5.41, 5.74) is 7.20. The van der Waals surface area contributed by atoms with Crippen LogP contribution in [0.4, 0.5) is 17.1 Å². The van der Waals surface area contributed by atoms with E-state index in [2.05, 4.69) is 0 Å². The molecule has 0 radical (unpaired) electrons. The first-order valence-electron chi connectivity index (χ1n) is 19.9. The fourth-order valence-corrected chi connectivity index (χ4v) is 7.03. The summed E-state index contributed by atoms with van der Waals surface area (Å²) in [5, 5.41) is 2.12. The zero-order valence-electron chi connectivity index (χ0n) is 33.3. The third-order valence-corrected chi connectivity index (χ3v) is 9.48. The smallest absolute Gasteiger partial charge is 0.137 e. The summed E-state index contributed by atoms with van der Waals surface area (Å²) in [4.78, 5) is 1.79. The Morgan fingerprint density at radius 1 is 0.392 bits per heavy atom. The minimum Gasteiger partial charge on any atom is -0.456 e. The molecule has 0 aliphatic carbocycles. The quantitative estimate of drug-likeness (QED) is 0.177. The highest BCUT2D eigenvalue weighted by molar-refractivity contribution is 6.11. The molecule has 0 unspecified atom stereocenters. The third kappa shape index (κ3) is 4.98. The summed E-state index contributed by atoms with van der Waals surface area (Å²) in [7, 11) is 0. The number of benzene rings is 8. The van der Waals surface area contributed by atoms with Crippen LogP contribution >= 0.6 is 0 Å². The average Bonchev–Trinajstić information content (AvgIpc) is 3.83. The van der Waals surface area contributed by atoms with Gasteiger partial charge in [-0.05, 0) is 88.9 Å². The van der Waals surface area contributed by atoms with Crippen LogP contribution in [-0.2, 0) is 0 Å². The van der Waals surface area contributed by atoms with Crippen molar-refractivity contribution in [1.29, 1.82) is 0 Å². The van der Waals surface area contributed by atoms with Crippen LogP contribution < -0.4 is 4.90 Å². The summed E-state index contributed by atoms with van der Waals surface area (Å²) < 4.78 is 65.0. The van der Waals surface area contributed by atoms with Gasteiger partial charge in [0.05, 0.1) is 19.3 Å². The first kappa shape index (κ1) is 23.5. The fraction of sp³-hybridized carbons (Fsp3) is 0. The Labute approximate surface area is 304 Å². The Morgan fingerprint density at radius 2 is 0.902 bits per heavy atom. The van der Waals surface area contributed by atoms with Gasteiger partial charge in [0.25, 0.3) is 0 Å². The Hall–Kier alpha value is -6.84. The highest BCUT2D eigenvalue weighted by atomic mass is 16.3. The van der Waals surface area contributed by atoms with E-state index in [0.717, 1.165) is 44.1 Å². The van der Waals surface area contributed by atoms with Crippen LogP contribution in [0, 0.1) is 0 Å². The molecule has 51 heavy (non-hydrogen) atoms. The average molecular weight is 659 g/mol. The zero-order valence-corrected chi connectivity index (χ0v) is 27.3. The lowest BCUT2D eigenvalue weighted by atomic mass is 10.0. The van der Waals surface area contributed by atoms with Crippen molar-refractivity contribution in [1.82, 2.24) is 4.57 Å². The van der Waals surface area contributed by atoms with Gasteiger partial charge in [0.2, 0.25) is 0 Å². The monoisotopic (exact) mass is 658 g/mol. The molecule has 0 N–H and O–H groups in total. The number of para-hydroxylation sites is 2. The van der Waals surface area contributed by atoms with Gasteiger partial charge in [-0.25, -0.2) is 0 Å². The number of fused-ring (bicyclic) bond motifs is 6. The number of furan rings is 1. The molecular formula is C48H32N2O. The number of anilines is 3. The maximum Gasteiger partial charge on any atom is 0.137 e. The summed E-state index contributed by atoms with van der Waals surface area (Å²) in [5.74, 6) is 0. The van der Waals surface area contributed by atoms with E-state index in [-0.39, 0.29) is 69.6 Å². The van der Waals surface area contributed by atoms with Gasteiger partial charge in [-0.3, -0.25) is 0 Å². The fourth-order valence-electron chi connectivity index (χ4n) is 7.03. The van der Waals surface area contributed by atoms with Gasteiger partial charge in [-0.1, -0.05) is 121 Å². The summed E-state index contributed by atoms with van der Waals surface area (Å²) in [6.45, 7) is 0. The molecule has 2 heterocycles. The van der Waals surface area contributed by atoms with Crippen molar-refractivity contribution in [3.05, 3.63) is 194 Å². The molecule has 0 aliphatic heterocycles. The van der Waals surface area contributed by atoms with Crippen molar-refractivity contribution in [2.24, 2.45) is 0 Å². The van der Waals surface area contributed by atoms with E-state index < -0.39 is 0 Å². The van der Waals surface area contributed by atoms with Crippen molar-refractivity contribution in [3.63, 3.8) is 0 Å². The van der Waals surface area contributed by atoms with Crippen LogP contribution in [0.25, 0.3) is 71.7 Å². The van der Waals surface area contributed by atoms with E-state index >= 15 is 0 Å². The first-order valence-corrected chi connectivity index (χ1v) is 16.9. The minimum absolute atomic E-state index is 0.0198. The van der Waals surface area contributed by atoms with E-state index in [4.69, 9.17) is 4.42 Å². The number of aromatic nitrogens is 1. The predicted molar refractivity (Wildman–Crippen MR) is 214 cm³/mol. The molecule has 10 aromatic rings. The molecule has 0 saturated carbocycles. The van der Waals surface area contributed by atoms with Crippen molar-refractivity contribution >= 4 is 60.8 Å². The Morgan fingerprint density at radius 3 is 1.47 bits per heavy atom. The molecule has 0 amide bonds. The Balaban J connectivity index is 1.21. The summed E-state index contributed by atoms with van der Waals surface area (Å²) >= 11 is 0. The number of hydrogen-bond donors (Lipinski definition) is 0. The number of nitrogens with zero attached hydrogens (tertiary/aromatic N) is 2. The Bertz CT molecular complexity index is 3040. The molecule has 3 heteroatoms. The second-order valence-corrected chi connectivity index (χ2v) is 12.5. The molecule has 10 rings (SSSR count). The molecule has 8 aromatic carbocycles. The van der Waals surface area contributed by atoms with Crippen LogP contribution in [0.1, 0.15) is 8.22 Å². The second-order valence-electron chi connectivity index (χ2n) is 12.5. The van der Waals surface area contributed by atoms with E-state index in [0.29, 0.717) is 11.4 Å². The zero-order chi connectivity index (χ0) is 38.9. The van der Waals surface area contributed by atoms with Crippen LogP contribution in [0.2, 0.25) is 0 Å². The molecule has 0 spiro atoms. The van der Waals surface area contributed by atoms with Crippen molar-refractivity contribution < 1.29 is 12.6 Å². The molecular weight excluding hydrogens is 621 g/mol. The molecule has 0 atom stereocenters. The Kier molecular flexibility index (Phi) is 5.50. The van der Waals surface area contributed by atoms with Gasteiger partial charge in [0, 0.05) is 50.3 Å². The summed E-state index contributed by atoms with van der Waals surface area (Å²) in [6.07, 6.45) is 0. The lowest BCUT2D eigenvalue weighted by molar-refractivity contribution is 0.669. The third-order valence-electron chi connectivity index (χ3n) is 9.48. The van der Waals surface area contributed by atoms with Crippen molar-refractivity contribution in [2.75, 3.05) is 4.90 Å². The predicted octanol–water partition coefficient (Wildman–Crippen LogP) is 13.5. The number of rotatable bonds is 6. The summed E-state index contributed by atoms with van der Waals surface area (Å²) in [6, 6.07) is 50.1. The molecule has 0 saturated heterocycles. The largest absolute Gasteiger partial charge is 0.456 e. The second kappa shape index (κ2) is 11.9. The van der Waals surface area contributed by atoms with E-state index in [9.17, 15) is 8.22 Å². The van der Waals surface area contributed by atoms with Gasteiger partial charge >= 0.3 is 0 Å². The van der Waals surface area contributed by atoms with Crippen LogP contribution in [0.3, 0.4) is 0 Å². The van der Waals surface area contributed by atoms with Gasteiger partial charge in [0.1, 0.15) is 11.2 Å². The SMILES string of the molecule is [2H]c1c(-n2c3ccccc3c3ccccc32)c([2H])c2c(oc3c([2H])c(N(c4ccc(-c5ccccc5)cc4)c4ccc(-c5ccccc5)cc4)c([2H])c([2H])c32)c1[2H]. The highest BCUT2D eigenvalue weighted by Gasteiger charge is 2.18. The number of hydrogen-bond acceptors (Lipinski definition) is 2. The maximum absolute atomic E-state index is 9.68. The van der Waals surface area contributed by atoms with Gasteiger partial charge in [0.15, 0.2) is 0 Å². The normalized spacial score (nSPS) is 13.2. The molecule has 0 bridgehead atoms. The molecule has 0 aliphatic rings.